The summed E-state index contributed by atoms with van der Waals surface area (Å²) in [5.41, 5.74) is 0. The molecule has 0 bridgehead atoms. The number of nitrogens with zero attached hydrogens (tertiary/aromatic N) is 1. The summed E-state index contributed by atoms with van der Waals surface area (Å²) in [5.74, 6) is 0.659. The Balaban J connectivity index is 2.76. The van der Waals surface area contributed by atoms with Gasteiger partial charge in [-0.3, -0.25) is 10.1 Å². The number of allylic oxidation sites excluding steroid dienone is 1. The fourth-order valence-corrected chi connectivity index (χ4v) is 1.17. The van der Waals surface area contributed by atoms with Gasteiger partial charge in [0.1, 0.15) is 5.76 Å². The number of hydrogen-bond donors (Lipinski definition) is 0. The second-order valence-corrected chi connectivity index (χ2v) is 3.80. The largest absolute Gasteiger partial charge is 0.497 e. The number of rotatable bonds is 2. The molecule has 0 heterocycles. The molecule has 66 valence electrons. The number of hydrogen-bond acceptors (Lipinski definition) is 3. The van der Waals surface area contributed by atoms with E-state index in [2.05, 4.69) is 15.9 Å². The van der Waals surface area contributed by atoms with Gasteiger partial charge in [-0.1, -0.05) is 0 Å². The Hall–Kier alpha value is -0.840. The van der Waals surface area contributed by atoms with E-state index in [1.165, 1.54) is 13.2 Å². The molecule has 0 aromatic heterocycles. The minimum Gasteiger partial charge on any atom is -0.497 e. The van der Waals surface area contributed by atoms with Gasteiger partial charge in [0.2, 0.25) is 0 Å². The van der Waals surface area contributed by atoms with Crippen molar-refractivity contribution in [3.8, 4) is 0 Å². The smallest absolute Gasteiger partial charge is 0.296 e. The Morgan fingerprint density at radius 3 is 2.83 bits per heavy atom. The fraction of sp³-hybridized carbons (Fsp3) is 0.429. The van der Waals surface area contributed by atoms with Gasteiger partial charge in [-0.15, -0.1) is 0 Å². The van der Waals surface area contributed by atoms with Crippen LogP contribution in [0.5, 0.6) is 0 Å². The Bertz CT molecular complexity index is 261. The van der Waals surface area contributed by atoms with Crippen LogP contribution in [0.3, 0.4) is 0 Å². The monoisotopic (exact) mass is 233 g/mol. The van der Waals surface area contributed by atoms with Crippen molar-refractivity contribution < 1.29 is 9.66 Å². The van der Waals surface area contributed by atoms with Crippen molar-refractivity contribution in [2.75, 3.05) is 7.11 Å². The van der Waals surface area contributed by atoms with Gasteiger partial charge in [-0.05, 0) is 12.2 Å². The molecule has 5 heteroatoms. The lowest BCUT2D eigenvalue weighted by Crippen LogP contribution is -2.29. The maximum atomic E-state index is 10.5. The molecule has 12 heavy (non-hydrogen) atoms. The number of alkyl halides is 1. The van der Waals surface area contributed by atoms with Crippen molar-refractivity contribution in [1.29, 1.82) is 0 Å². The van der Waals surface area contributed by atoms with E-state index in [1.807, 2.05) is 0 Å². The first-order chi connectivity index (χ1) is 5.58. The Kier molecular flexibility index (Phi) is 2.52. The average Bonchev–Trinajstić information content (AvgIpc) is 2.06. The molecule has 0 amide bonds. The maximum absolute atomic E-state index is 10.5. The second kappa shape index (κ2) is 3.26. The number of nitro groups is 1. The van der Waals surface area contributed by atoms with Crippen LogP contribution in [0.15, 0.2) is 24.0 Å². The van der Waals surface area contributed by atoms with E-state index in [1.54, 1.807) is 12.2 Å². The van der Waals surface area contributed by atoms with Crippen LogP contribution >= 0.6 is 15.9 Å². The summed E-state index contributed by atoms with van der Waals surface area (Å²) in [4.78, 5) is 10.1. The summed E-state index contributed by atoms with van der Waals surface area (Å²) < 4.78 is 3.75. The SMILES string of the molecule is COC1=CCC(Br)([N+](=O)[O-])C=C1. The number of methoxy groups -OCH3 is 1. The van der Waals surface area contributed by atoms with Crippen molar-refractivity contribution >= 4 is 15.9 Å². The molecule has 0 saturated carbocycles. The molecule has 0 aliphatic heterocycles. The zero-order chi connectivity index (χ0) is 9.19. The van der Waals surface area contributed by atoms with Crippen LogP contribution in [0.2, 0.25) is 0 Å². The lowest BCUT2D eigenvalue weighted by atomic mass is 10.1. The minimum absolute atomic E-state index is 0.305. The van der Waals surface area contributed by atoms with E-state index in [-0.39, 0.29) is 4.92 Å². The molecule has 4 nitrogen and oxygen atoms in total. The first-order valence-electron chi connectivity index (χ1n) is 3.35. The maximum Gasteiger partial charge on any atom is 0.296 e. The predicted molar refractivity (Wildman–Crippen MR) is 47.5 cm³/mol. The molecule has 1 aliphatic carbocycles. The van der Waals surface area contributed by atoms with Gasteiger partial charge in [0, 0.05) is 26.9 Å². The summed E-state index contributed by atoms with van der Waals surface area (Å²) in [7, 11) is 1.53. The van der Waals surface area contributed by atoms with E-state index in [0.29, 0.717) is 12.2 Å². The van der Waals surface area contributed by atoms with E-state index < -0.39 is 4.45 Å². The highest BCUT2D eigenvalue weighted by Crippen LogP contribution is 2.30. The van der Waals surface area contributed by atoms with Crippen LogP contribution in [0.1, 0.15) is 6.42 Å². The first-order valence-corrected chi connectivity index (χ1v) is 4.14. The summed E-state index contributed by atoms with van der Waals surface area (Å²) in [6.45, 7) is 0. The molecule has 0 aromatic carbocycles. The number of halogens is 1. The van der Waals surface area contributed by atoms with Gasteiger partial charge < -0.3 is 4.74 Å². The van der Waals surface area contributed by atoms with Crippen molar-refractivity contribution in [3.05, 3.63) is 34.1 Å². The molecule has 1 rings (SSSR count). The van der Waals surface area contributed by atoms with Crippen molar-refractivity contribution in [3.63, 3.8) is 0 Å². The fourth-order valence-electron chi connectivity index (χ4n) is 0.876. The van der Waals surface area contributed by atoms with Crippen LogP contribution in [0, 0.1) is 10.1 Å². The molecular weight excluding hydrogens is 226 g/mol. The Morgan fingerprint density at radius 1 is 1.83 bits per heavy atom. The normalized spacial score (nSPS) is 28.0. The molecule has 0 spiro atoms. The Labute approximate surface area is 78.2 Å². The van der Waals surface area contributed by atoms with Gasteiger partial charge in [-0.2, -0.15) is 0 Å². The highest BCUT2D eigenvalue weighted by atomic mass is 79.9. The van der Waals surface area contributed by atoms with Gasteiger partial charge >= 0.3 is 0 Å². The van der Waals surface area contributed by atoms with Crippen LogP contribution < -0.4 is 0 Å². The molecule has 0 aromatic rings. The topological polar surface area (TPSA) is 52.4 Å². The third-order valence-corrected chi connectivity index (χ3v) is 2.51. The van der Waals surface area contributed by atoms with Crippen molar-refractivity contribution in [2.45, 2.75) is 10.9 Å². The lowest BCUT2D eigenvalue weighted by molar-refractivity contribution is -0.521. The van der Waals surface area contributed by atoms with E-state index in [0.717, 1.165) is 0 Å². The van der Waals surface area contributed by atoms with E-state index in [4.69, 9.17) is 4.74 Å². The van der Waals surface area contributed by atoms with Gasteiger partial charge in [-0.25, -0.2) is 0 Å². The molecule has 0 saturated heterocycles. The summed E-state index contributed by atoms with van der Waals surface area (Å²) in [5, 5.41) is 10.5. The van der Waals surface area contributed by atoms with Crippen molar-refractivity contribution in [1.82, 2.24) is 0 Å². The van der Waals surface area contributed by atoms with Gasteiger partial charge in [0.05, 0.1) is 13.5 Å². The third-order valence-electron chi connectivity index (χ3n) is 1.63. The highest BCUT2D eigenvalue weighted by Gasteiger charge is 2.37. The Morgan fingerprint density at radius 2 is 2.50 bits per heavy atom. The average molecular weight is 234 g/mol. The quantitative estimate of drug-likeness (QED) is 0.317. The molecule has 0 N–H and O–H groups in total. The minimum atomic E-state index is -1.14. The highest BCUT2D eigenvalue weighted by molar-refractivity contribution is 9.10. The van der Waals surface area contributed by atoms with E-state index >= 15 is 0 Å². The van der Waals surface area contributed by atoms with Crippen LogP contribution in [-0.2, 0) is 4.74 Å². The molecule has 0 fully saturated rings. The predicted octanol–water partition coefficient (Wildman–Crippen LogP) is 1.84. The zero-order valence-corrected chi connectivity index (χ0v) is 8.08. The molecule has 1 atom stereocenters. The van der Waals surface area contributed by atoms with Crippen LogP contribution in [0.4, 0.5) is 0 Å². The van der Waals surface area contributed by atoms with E-state index in [9.17, 15) is 10.1 Å². The number of ether oxygens (including phenoxy) is 1. The summed E-state index contributed by atoms with van der Waals surface area (Å²) in [6, 6.07) is 0. The molecule has 0 radical (unpaired) electrons. The molecule has 1 unspecified atom stereocenters. The summed E-state index contributed by atoms with van der Waals surface area (Å²) >= 11 is 3.03. The first kappa shape index (κ1) is 9.25. The van der Waals surface area contributed by atoms with Gasteiger partial charge in [0.25, 0.3) is 4.45 Å². The second-order valence-electron chi connectivity index (χ2n) is 2.42. The van der Waals surface area contributed by atoms with Crippen LogP contribution in [-0.4, -0.2) is 16.5 Å². The zero-order valence-electron chi connectivity index (χ0n) is 6.49. The standard InChI is InChI=1S/C7H8BrNO3/c1-12-6-2-4-7(8,5-3-6)9(10)11/h2-4H,5H2,1H3. The van der Waals surface area contributed by atoms with Gasteiger partial charge in [0.15, 0.2) is 0 Å². The summed E-state index contributed by atoms with van der Waals surface area (Å²) in [6.07, 6.45) is 5.05. The third kappa shape index (κ3) is 1.66. The van der Waals surface area contributed by atoms with Crippen molar-refractivity contribution in [2.24, 2.45) is 0 Å². The molecule has 1 aliphatic rings. The lowest BCUT2D eigenvalue weighted by Gasteiger charge is -2.16. The molecular formula is C7H8BrNO3. The van der Waals surface area contributed by atoms with Crippen LogP contribution in [0.25, 0.3) is 0 Å².